The van der Waals surface area contributed by atoms with Gasteiger partial charge in [-0.05, 0) is 33.6 Å². The Balaban J connectivity index is 2.02. The predicted octanol–water partition coefficient (Wildman–Crippen LogP) is 2.28. The molecule has 2 unspecified atom stereocenters. The van der Waals surface area contributed by atoms with Gasteiger partial charge in [-0.25, -0.2) is 0 Å². The maximum Gasteiger partial charge on any atom is 0.0895 e. The van der Waals surface area contributed by atoms with Gasteiger partial charge in [0.15, 0.2) is 0 Å². The third-order valence-corrected chi connectivity index (χ3v) is 3.39. The lowest BCUT2D eigenvalue weighted by molar-refractivity contribution is -0.0293. The van der Waals surface area contributed by atoms with Crippen molar-refractivity contribution in [3.63, 3.8) is 0 Å². The van der Waals surface area contributed by atoms with Crippen molar-refractivity contribution in [3.8, 4) is 0 Å². The number of nitrogens with zero attached hydrogens (tertiary/aromatic N) is 2. The smallest absolute Gasteiger partial charge is 0.0895 e. The lowest BCUT2D eigenvalue weighted by Gasteiger charge is -2.33. The van der Waals surface area contributed by atoms with Crippen LogP contribution in [0.25, 0.3) is 0 Å². The summed E-state index contributed by atoms with van der Waals surface area (Å²) in [5.74, 6) is 0.544. The highest BCUT2D eigenvalue weighted by Gasteiger charge is 2.29. The van der Waals surface area contributed by atoms with Crippen molar-refractivity contribution >= 4 is 0 Å². The zero-order chi connectivity index (χ0) is 13.2. The van der Waals surface area contributed by atoms with E-state index < -0.39 is 0 Å². The minimum atomic E-state index is 0.164. The van der Waals surface area contributed by atoms with Crippen LogP contribution in [0.2, 0.25) is 0 Å². The SMILES string of the molecule is Cn1cc(C2OCCCC2CNC(C)(C)C)cn1. The minimum Gasteiger partial charge on any atom is -0.373 e. The normalized spacial score (nSPS) is 25.3. The van der Waals surface area contributed by atoms with Crippen molar-refractivity contribution < 1.29 is 4.74 Å². The molecule has 102 valence electrons. The molecule has 0 radical (unpaired) electrons. The number of nitrogens with one attached hydrogen (secondary N) is 1. The Morgan fingerprint density at radius 3 is 2.89 bits per heavy atom. The van der Waals surface area contributed by atoms with Crippen LogP contribution >= 0.6 is 0 Å². The first-order valence-electron chi connectivity index (χ1n) is 6.81. The maximum atomic E-state index is 5.96. The Labute approximate surface area is 110 Å². The van der Waals surface area contributed by atoms with Gasteiger partial charge in [0.1, 0.15) is 0 Å². The Kier molecular flexibility index (Phi) is 4.07. The standard InChI is InChI=1S/C14H25N3O/c1-14(2,3)15-8-11-6-5-7-18-13(11)12-9-16-17(4)10-12/h9-11,13,15H,5-8H2,1-4H3. The molecular weight excluding hydrogens is 226 g/mol. The van der Waals surface area contributed by atoms with Gasteiger partial charge in [-0.1, -0.05) is 0 Å². The summed E-state index contributed by atoms with van der Waals surface area (Å²) in [5, 5.41) is 7.84. The fourth-order valence-corrected chi connectivity index (χ4v) is 2.45. The highest BCUT2D eigenvalue weighted by Crippen LogP contribution is 2.33. The molecule has 0 spiro atoms. The Hall–Kier alpha value is -0.870. The average Bonchev–Trinajstić information content (AvgIpc) is 2.72. The van der Waals surface area contributed by atoms with E-state index in [4.69, 9.17) is 4.74 Å². The van der Waals surface area contributed by atoms with Crippen molar-refractivity contribution in [2.45, 2.75) is 45.3 Å². The highest BCUT2D eigenvalue weighted by atomic mass is 16.5. The van der Waals surface area contributed by atoms with E-state index in [0.717, 1.165) is 19.6 Å². The molecule has 0 bridgehead atoms. The van der Waals surface area contributed by atoms with Crippen molar-refractivity contribution in [3.05, 3.63) is 18.0 Å². The second-order valence-electron chi connectivity index (χ2n) is 6.27. The number of rotatable bonds is 3. The van der Waals surface area contributed by atoms with E-state index in [1.807, 2.05) is 17.9 Å². The lowest BCUT2D eigenvalue weighted by Crippen LogP contribution is -2.41. The zero-order valence-corrected chi connectivity index (χ0v) is 11.9. The highest BCUT2D eigenvalue weighted by molar-refractivity contribution is 5.10. The van der Waals surface area contributed by atoms with Gasteiger partial charge in [0, 0.05) is 43.4 Å². The largest absolute Gasteiger partial charge is 0.373 e. The molecule has 1 aliphatic heterocycles. The van der Waals surface area contributed by atoms with Gasteiger partial charge in [-0.15, -0.1) is 0 Å². The van der Waals surface area contributed by atoms with E-state index in [0.29, 0.717) is 5.92 Å². The average molecular weight is 251 g/mol. The molecule has 4 heteroatoms. The molecule has 1 aliphatic rings. The third-order valence-electron chi connectivity index (χ3n) is 3.39. The number of aryl methyl sites for hydroxylation is 1. The summed E-state index contributed by atoms with van der Waals surface area (Å²) in [6.07, 6.45) is 6.58. The van der Waals surface area contributed by atoms with E-state index in [-0.39, 0.29) is 11.6 Å². The molecule has 0 aliphatic carbocycles. The van der Waals surface area contributed by atoms with Crippen LogP contribution < -0.4 is 5.32 Å². The molecule has 1 N–H and O–H groups in total. The van der Waals surface area contributed by atoms with Crippen LogP contribution in [0.3, 0.4) is 0 Å². The molecular formula is C14H25N3O. The third kappa shape index (κ3) is 3.56. The number of hydrogen-bond acceptors (Lipinski definition) is 3. The van der Waals surface area contributed by atoms with Crippen molar-refractivity contribution in [1.29, 1.82) is 0 Å². The first-order chi connectivity index (χ1) is 8.46. The molecule has 2 rings (SSSR count). The summed E-state index contributed by atoms with van der Waals surface area (Å²) in [6, 6.07) is 0. The fourth-order valence-electron chi connectivity index (χ4n) is 2.45. The minimum absolute atomic E-state index is 0.164. The summed E-state index contributed by atoms with van der Waals surface area (Å²) in [6.45, 7) is 8.48. The molecule has 4 nitrogen and oxygen atoms in total. The summed E-state index contributed by atoms with van der Waals surface area (Å²) in [5.41, 5.74) is 1.37. The van der Waals surface area contributed by atoms with Gasteiger partial charge in [0.25, 0.3) is 0 Å². The predicted molar refractivity (Wildman–Crippen MR) is 72.4 cm³/mol. The molecule has 0 saturated carbocycles. The topological polar surface area (TPSA) is 39.1 Å². The first-order valence-corrected chi connectivity index (χ1v) is 6.81. The summed E-state index contributed by atoms with van der Waals surface area (Å²) < 4.78 is 7.81. The maximum absolute atomic E-state index is 5.96. The zero-order valence-electron chi connectivity index (χ0n) is 11.9. The van der Waals surface area contributed by atoms with Crippen molar-refractivity contribution in [2.75, 3.05) is 13.2 Å². The van der Waals surface area contributed by atoms with E-state index in [2.05, 4.69) is 37.4 Å². The van der Waals surface area contributed by atoms with E-state index in [1.54, 1.807) is 0 Å². The van der Waals surface area contributed by atoms with Crippen LogP contribution in [0.1, 0.15) is 45.3 Å². The molecule has 2 atom stereocenters. The second kappa shape index (κ2) is 5.41. The van der Waals surface area contributed by atoms with E-state index in [1.165, 1.54) is 12.0 Å². The van der Waals surface area contributed by atoms with Crippen LogP contribution in [-0.4, -0.2) is 28.5 Å². The van der Waals surface area contributed by atoms with E-state index >= 15 is 0 Å². The second-order valence-corrected chi connectivity index (χ2v) is 6.27. The van der Waals surface area contributed by atoms with Crippen LogP contribution in [0.4, 0.5) is 0 Å². The summed E-state index contributed by atoms with van der Waals surface area (Å²) in [7, 11) is 1.95. The Morgan fingerprint density at radius 2 is 2.28 bits per heavy atom. The van der Waals surface area contributed by atoms with Gasteiger partial charge < -0.3 is 10.1 Å². The number of hydrogen-bond donors (Lipinski definition) is 1. The van der Waals surface area contributed by atoms with Gasteiger partial charge in [0.05, 0.1) is 12.3 Å². The Morgan fingerprint density at radius 1 is 1.50 bits per heavy atom. The van der Waals surface area contributed by atoms with Crippen LogP contribution in [-0.2, 0) is 11.8 Å². The van der Waals surface area contributed by atoms with Gasteiger partial charge in [-0.2, -0.15) is 5.10 Å². The monoisotopic (exact) mass is 251 g/mol. The number of ether oxygens (including phenoxy) is 1. The van der Waals surface area contributed by atoms with Crippen LogP contribution in [0, 0.1) is 5.92 Å². The van der Waals surface area contributed by atoms with Gasteiger partial charge in [0.2, 0.25) is 0 Å². The molecule has 1 aromatic heterocycles. The molecule has 1 fully saturated rings. The number of aromatic nitrogens is 2. The van der Waals surface area contributed by atoms with Gasteiger partial charge >= 0.3 is 0 Å². The van der Waals surface area contributed by atoms with Crippen molar-refractivity contribution in [2.24, 2.45) is 13.0 Å². The summed E-state index contributed by atoms with van der Waals surface area (Å²) in [4.78, 5) is 0. The fraction of sp³-hybridized carbons (Fsp3) is 0.786. The Bertz CT molecular complexity index is 381. The van der Waals surface area contributed by atoms with Crippen LogP contribution in [0.5, 0.6) is 0 Å². The lowest BCUT2D eigenvalue weighted by atomic mass is 9.90. The molecule has 0 aromatic carbocycles. The molecule has 2 heterocycles. The first kappa shape index (κ1) is 13.6. The van der Waals surface area contributed by atoms with E-state index in [9.17, 15) is 0 Å². The van der Waals surface area contributed by atoms with Crippen molar-refractivity contribution in [1.82, 2.24) is 15.1 Å². The van der Waals surface area contributed by atoms with Gasteiger partial charge in [-0.3, -0.25) is 4.68 Å². The van der Waals surface area contributed by atoms with Crippen LogP contribution in [0.15, 0.2) is 12.4 Å². The molecule has 1 aromatic rings. The quantitative estimate of drug-likeness (QED) is 0.895. The molecule has 0 amide bonds. The molecule has 1 saturated heterocycles. The molecule has 18 heavy (non-hydrogen) atoms. The summed E-state index contributed by atoms with van der Waals surface area (Å²) >= 11 is 0.